The number of rotatable bonds is 6. The van der Waals surface area contributed by atoms with Crippen molar-refractivity contribution >= 4 is 51.4 Å². The van der Waals surface area contributed by atoms with Crippen LogP contribution in [0.3, 0.4) is 0 Å². The Balaban J connectivity index is 1.73. The highest BCUT2D eigenvalue weighted by Crippen LogP contribution is 2.41. The zero-order valence-corrected chi connectivity index (χ0v) is 20.9. The summed E-state index contributed by atoms with van der Waals surface area (Å²) >= 11 is 14.1. The lowest BCUT2D eigenvalue weighted by atomic mass is 9.88. The number of anilines is 1. The number of aryl methyl sites for hydroxylation is 1. The van der Waals surface area contributed by atoms with Crippen LogP contribution in [0.2, 0.25) is 10.0 Å². The monoisotopic (exact) mass is 506 g/mol. The molecule has 0 aliphatic heterocycles. The summed E-state index contributed by atoms with van der Waals surface area (Å²) in [5.41, 5.74) is 2.33. The molecule has 1 aliphatic carbocycles. The zero-order chi connectivity index (χ0) is 23.7. The third kappa shape index (κ3) is 4.67. The minimum atomic E-state index is -0.448. The third-order valence-electron chi connectivity index (χ3n) is 5.67. The van der Waals surface area contributed by atoms with Crippen molar-refractivity contribution in [1.82, 2.24) is 5.16 Å². The van der Waals surface area contributed by atoms with E-state index in [1.165, 1.54) is 11.3 Å². The van der Waals surface area contributed by atoms with Crippen LogP contribution in [-0.4, -0.2) is 23.6 Å². The molecule has 0 fully saturated rings. The van der Waals surface area contributed by atoms with E-state index < -0.39 is 11.9 Å². The number of esters is 1. The molecule has 33 heavy (non-hydrogen) atoms. The Morgan fingerprint density at radius 3 is 2.70 bits per heavy atom. The second-order valence-corrected chi connectivity index (χ2v) is 10.1. The molecule has 2 heterocycles. The third-order valence-corrected chi connectivity index (χ3v) is 7.47. The fourth-order valence-electron chi connectivity index (χ4n) is 4.02. The number of carbonyl (C=O) groups excluding carboxylic acids is 2. The molecular formula is C24H24Cl2N2O4S. The van der Waals surface area contributed by atoms with E-state index in [1.54, 1.807) is 25.1 Å². The van der Waals surface area contributed by atoms with E-state index in [-0.39, 0.29) is 11.3 Å². The average Bonchev–Trinajstić information content (AvgIpc) is 3.31. The molecule has 0 saturated carbocycles. The van der Waals surface area contributed by atoms with Gasteiger partial charge >= 0.3 is 5.97 Å². The van der Waals surface area contributed by atoms with Crippen molar-refractivity contribution in [2.45, 2.75) is 46.5 Å². The van der Waals surface area contributed by atoms with Gasteiger partial charge in [0.1, 0.15) is 22.0 Å². The summed E-state index contributed by atoms with van der Waals surface area (Å²) in [7, 11) is 0. The van der Waals surface area contributed by atoms with Gasteiger partial charge in [-0.25, -0.2) is 4.79 Å². The SMILES string of the molecule is CCCOC(=O)c1c(NC(=O)c2c(-c3c(Cl)cccc3Cl)noc2C)sc2c1CC[C@@H](C)C2. The molecule has 6 nitrogen and oxygen atoms in total. The largest absolute Gasteiger partial charge is 0.462 e. The molecule has 1 aromatic carbocycles. The summed E-state index contributed by atoms with van der Waals surface area (Å²) in [4.78, 5) is 27.5. The van der Waals surface area contributed by atoms with Crippen molar-refractivity contribution in [3.63, 3.8) is 0 Å². The van der Waals surface area contributed by atoms with Gasteiger partial charge in [-0.2, -0.15) is 0 Å². The van der Waals surface area contributed by atoms with E-state index in [0.29, 0.717) is 44.5 Å². The van der Waals surface area contributed by atoms with Gasteiger partial charge in [-0.1, -0.05) is 48.3 Å². The van der Waals surface area contributed by atoms with Crippen LogP contribution >= 0.6 is 34.5 Å². The molecule has 0 bridgehead atoms. The highest BCUT2D eigenvalue weighted by atomic mass is 35.5. The average molecular weight is 507 g/mol. The molecular weight excluding hydrogens is 483 g/mol. The second kappa shape index (κ2) is 9.87. The molecule has 174 valence electrons. The van der Waals surface area contributed by atoms with E-state index in [4.69, 9.17) is 32.5 Å². The molecule has 9 heteroatoms. The fourth-order valence-corrected chi connectivity index (χ4v) is 5.99. The van der Waals surface area contributed by atoms with Crippen molar-refractivity contribution < 1.29 is 18.8 Å². The molecule has 3 aromatic rings. The van der Waals surface area contributed by atoms with Crippen molar-refractivity contribution in [3.8, 4) is 11.3 Å². The summed E-state index contributed by atoms with van der Waals surface area (Å²) in [5, 5.41) is 8.17. The second-order valence-electron chi connectivity index (χ2n) is 8.20. The van der Waals surface area contributed by atoms with Crippen molar-refractivity contribution in [1.29, 1.82) is 0 Å². The van der Waals surface area contributed by atoms with Crippen molar-refractivity contribution in [3.05, 3.63) is 55.6 Å². The minimum absolute atomic E-state index is 0.220. The highest BCUT2D eigenvalue weighted by Gasteiger charge is 2.31. The number of amides is 1. The Kier molecular flexibility index (Phi) is 7.12. The molecule has 1 atom stereocenters. The van der Waals surface area contributed by atoms with Gasteiger partial charge < -0.3 is 14.6 Å². The van der Waals surface area contributed by atoms with Crippen molar-refractivity contribution in [2.24, 2.45) is 5.92 Å². The topological polar surface area (TPSA) is 81.4 Å². The van der Waals surface area contributed by atoms with Gasteiger partial charge in [0, 0.05) is 10.4 Å². The lowest BCUT2D eigenvalue weighted by molar-refractivity contribution is 0.0505. The number of ether oxygens (including phenoxy) is 1. The van der Waals surface area contributed by atoms with E-state index in [2.05, 4.69) is 17.4 Å². The lowest BCUT2D eigenvalue weighted by Gasteiger charge is -2.18. The van der Waals surface area contributed by atoms with Crippen LogP contribution in [0, 0.1) is 12.8 Å². The molecule has 0 unspecified atom stereocenters. The lowest BCUT2D eigenvalue weighted by Crippen LogP contribution is -2.17. The smallest absolute Gasteiger partial charge is 0.341 e. The number of thiophene rings is 1. The van der Waals surface area contributed by atoms with Crippen LogP contribution in [0.5, 0.6) is 0 Å². The Labute approximate surface area is 206 Å². The van der Waals surface area contributed by atoms with Crippen LogP contribution in [0.25, 0.3) is 11.3 Å². The molecule has 4 rings (SSSR count). The molecule has 1 amide bonds. The fraction of sp³-hybridized carbons (Fsp3) is 0.375. The number of halogens is 2. The number of hydrogen-bond donors (Lipinski definition) is 1. The zero-order valence-electron chi connectivity index (χ0n) is 18.6. The molecule has 1 N–H and O–H groups in total. The van der Waals surface area contributed by atoms with Gasteiger partial charge in [0.15, 0.2) is 0 Å². The van der Waals surface area contributed by atoms with Crippen LogP contribution in [-0.2, 0) is 17.6 Å². The van der Waals surface area contributed by atoms with Gasteiger partial charge in [-0.05, 0) is 56.2 Å². The normalized spacial score (nSPS) is 15.2. The quantitative estimate of drug-likeness (QED) is 0.365. The highest BCUT2D eigenvalue weighted by molar-refractivity contribution is 7.17. The summed E-state index contributed by atoms with van der Waals surface area (Å²) in [6, 6.07) is 5.06. The molecule has 0 radical (unpaired) electrons. The Morgan fingerprint density at radius 1 is 1.27 bits per heavy atom. The standard InChI is InChI=1S/C24H24Cl2N2O4S/c1-4-10-31-24(30)19-14-9-8-12(2)11-17(14)33-23(19)27-22(29)18-13(3)32-28-21(18)20-15(25)6-5-7-16(20)26/h5-7,12H,4,8-11H2,1-3H3,(H,27,29)/t12-/m1/s1. The van der Waals surface area contributed by atoms with Gasteiger partial charge in [-0.3, -0.25) is 4.79 Å². The summed E-state index contributed by atoms with van der Waals surface area (Å²) in [5.74, 6) is -0.0106. The van der Waals surface area contributed by atoms with Crippen molar-refractivity contribution in [2.75, 3.05) is 11.9 Å². The first-order valence-electron chi connectivity index (χ1n) is 10.8. The molecule has 1 aliphatic rings. The number of nitrogens with one attached hydrogen (secondary N) is 1. The molecule has 2 aromatic heterocycles. The molecule has 0 spiro atoms. The molecule has 0 saturated heterocycles. The number of fused-ring (bicyclic) bond motifs is 1. The van der Waals surface area contributed by atoms with Crippen LogP contribution < -0.4 is 5.32 Å². The van der Waals surface area contributed by atoms with E-state index in [9.17, 15) is 9.59 Å². The summed E-state index contributed by atoms with van der Waals surface area (Å²) in [6.45, 7) is 6.10. The van der Waals surface area contributed by atoms with Gasteiger partial charge in [0.2, 0.25) is 0 Å². The van der Waals surface area contributed by atoms with E-state index >= 15 is 0 Å². The Bertz CT molecular complexity index is 1200. The minimum Gasteiger partial charge on any atom is -0.462 e. The Morgan fingerprint density at radius 2 is 2.00 bits per heavy atom. The summed E-state index contributed by atoms with van der Waals surface area (Å²) in [6.07, 6.45) is 3.37. The number of benzene rings is 1. The van der Waals surface area contributed by atoms with Crippen LogP contribution in [0.1, 0.15) is 63.6 Å². The number of aromatic nitrogens is 1. The predicted molar refractivity (Wildman–Crippen MR) is 131 cm³/mol. The maximum Gasteiger partial charge on any atom is 0.341 e. The number of hydrogen-bond acceptors (Lipinski definition) is 6. The maximum atomic E-state index is 13.4. The first-order chi connectivity index (χ1) is 15.8. The maximum absolute atomic E-state index is 13.4. The van der Waals surface area contributed by atoms with Gasteiger partial charge in [0.05, 0.1) is 22.2 Å². The Hall–Kier alpha value is -2.35. The van der Waals surface area contributed by atoms with Crippen LogP contribution in [0.15, 0.2) is 22.7 Å². The van der Waals surface area contributed by atoms with Gasteiger partial charge in [0.25, 0.3) is 5.91 Å². The first kappa shape index (κ1) is 23.8. The van der Waals surface area contributed by atoms with Crippen LogP contribution in [0.4, 0.5) is 5.00 Å². The summed E-state index contributed by atoms with van der Waals surface area (Å²) < 4.78 is 10.8. The number of nitrogens with zero attached hydrogens (tertiary/aromatic N) is 1. The predicted octanol–water partition coefficient (Wildman–Crippen LogP) is 6.96. The first-order valence-corrected chi connectivity index (χ1v) is 12.4. The van der Waals surface area contributed by atoms with Gasteiger partial charge in [-0.15, -0.1) is 11.3 Å². The van der Waals surface area contributed by atoms with E-state index in [0.717, 1.165) is 36.1 Å². The number of carbonyl (C=O) groups is 2. The van der Waals surface area contributed by atoms with E-state index in [1.807, 2.05) is 6.92 Å².